The van der Waals surface area contributed by atoms with Gasteiger partial charge in [0.2, 0.25) is 6.20 Å². The van der Waals surface area contributed by atoms with Gasteiger partial charge in [0, 0.05) is 5.02 Å². The van der Waals surface area contributed by atoms with E-state index in [9.17, 15) is 15.3 Å². The summed E-state index contributed by atoms with van der Waals surface area (Å²) < 4.78 is 0. The smallest absolute Gasteiger partial charge is 0.434 e. The van der Waals surface area contributed by atoms with E-state index in [-0.39, 0.29) is 4.85 Å². The molecule has 0 aliphatic heterocycles. The van der Waals surface area contributed by atoms with Crippen LogP contribution in [0.3, 0.4) is 0 Å². The molecule has 0 unspecified atom stereocenters. The zero-order valence-electron chi connectivity index (χ0n) is 7.78. The van der Waals surface area contributed by atoms with Crippen molar-refractivity contribution >= 4 is 17.4 Å². The van der Waals surface area contributed by atoms with Gasteiger partial charge in [0.25, 0.3) is 0 Å². The number of rotatable bonds is 2. The Hall–Kier alpha value is -2.15. The van der Waals surface area contributed by atoms with E-state index in [1.54, 1.807) is 18.2 Å². The lowest BCUT2D eigenvalue weighted by atomic mass is 10.3. The van der Waals surface area contributed by atoms with Gasteiger partial charge in [0.15, 0.2) is 0 Å². The third kappa shape index (κ3) is 1.80. The predicted octanol–water partition coefficient (Wildman–Crippen LogP) is 1.07. The molecule has 0 saturated heterocycles. The van der Waals surface area contributed by atoms with Crippen molar-refractivity contribution < 1.29 is 9.77 Å². The van der Waals surface area contributed by atoms with Crippen LogP contribution >= 0.6 is 11.6 Å². The lowest BCUT2D eigenvalue weighted by Gasteiger charge is -2.01. The van der Waals surface area contributed by atoms with Gasteiger partial charge in [0.05, 0.1) is 0 Å². The van der Waals surface area contributed by atoms with E-state index in [1.807, 2.05) is 0 Å². The van der Waals surface area contributed by atoms with Gasteiger partial charge < -0.3 is 15.3 Å². The maximum Gasteiger partial charge on any atom is 0.434 e. The molecule has 0 N–H and O–H groups in total. The second-order valence-corrected chi connectivity index (χ2v) is 3.35. The van der Waals surface area contributed by atoms with Gasteiger partial charge in [-0.2, -0.15) is 0 Å². The SMILES string of the molecule is O=[N+]([O-])c1c[n+]([O-])n(-c2cccc(Cl)c2)n1. The zero-order chi connectivity index (χ0) is 11.7. The fourth-order valence-electron chi connectivity index (χ4n) is 1.18. The van der Waals surface area contributed by atoms with E-state index in [1.165, 1.54) is 6.07 Å². The van der Waals surface area contributed by atoms with Crippen LogP contribution in [0.1, 0.15) is 0 Å². The van der Waals surface area contributed by atoms with Crippen molar-refractivity contribution in [2.45, 2.75) is 0 Å². The molecule has 0 fully saturated rings. The Bertz CT molecular complexity index is 554. The molecule has 82 valence electrons. The quantitative estimate of drug-likeness (QED) is 0.340. The summed E-state index contributed by atoms with van der Waals surface area (Å²) in [6, 6.07) is 6.28. The van der Waals surface area contributed by atoms with Crippen LogP contribution in [-0.2, 0) is 0 Å². The van der Waals surface area contributed by atoms with Crippen molar-refractivity contribution in [2.24, 2.45) is 0 Å². The minimum Gasteiger partial charge on any atom is -0.692 e. The van der Waals surface area contributed by atoms with Gasteiger partial charge in [-0.3, -0.25) is 0 Å². The number of hydrogen-bond acceptors (Lipinski definition) is 4. The molecule has 2 rings (SSSR count). The summed E-state index contributed by atoms with van der Waals surface area (Å²) in [5, 5.41) is 25.7. The van der Waals surface area contributed by atoms with Crippen molar-refractivity contribution in [1.29, 1.82) is 0 Å². The summed E-state index contributed by atoms with van der Waals surface area (Å²) in [6.07, 6.45) is 0.779. The second-order valence-electron chi connectivity index (χ2n) is 2.92. The monoisotopic (exact) mass is 240 g/mol. The first-order valence-corrected chi connectivity index (χ1v) is 4.55. The fourth-order valence-corrected chi connectivity index (χ4v) is 1.36. The van der Waals surface area contributed by atoms with Gasteiger partial charge >= 0.3 is 5.82 Å². The maximum absolute atomic E-state index is 11.3. The summed E-state index contributed by atoms with van der Waals surface area (Å²) in [5.74, 6) is -0.519. The summed E-state index contributed by atoms with van der Waals surface area (Å²) in [5.41, 5.74) is 0.357. The van der Waals surface area contributed by atoms with Gasteiger partial charge in [-0.1, -0.05) is 17.7 Å². The highest BCUT2D eigenvalue weighted by Gasteiger charge is 2.18. The van der Waals surface area contributed by atoms with Gasteiger partial charge in [-0.25, -0.2) is 0 Å². The first-order valence-electron chi connectivity index (χ1n) is 4.18. The molecule has 1 heterocycles. The van der Waals surface area contributed by atoms with E-state index in [4.69, 9.17) is 11.6 Å². The van der Waals surface area contributed by atoms with Crippen LogP contribution in [0.5, 0.6) is 0 Å². The Morgan fingerprint density at radius 1 is 1.50 bits per heavy atom. The lowest BCUT2D eigenvalue weighted by molar-refractivity contribution is -0.689. The van der Waals surface area contributed by atoms with Crippen LogP contribution in [0.15, 0.2) is 30.5 Å². The van der Waals surface area contributed by atoms with E-state index in [0.29, 0.717) is 10.7 Å². The molecular formula is C8H5ClN4O3. The molecule has 0 aliphatic carbocycles. The number of benzene rings is 1. The molecule has 0 saturated carbocycles. The first-order chi connectivity index (χ1) is 7.58. The normalized spacial score (nSPS) is 10.3. The highest BCUT2D eigenvalue weighted by Crippen LogP contribution is 2.13. The molecule has 16 heavy (non-hydrogen) atoms. The maximum atomic E-state index is 11.3. The average molecular weight is 241 g/mol. The standard InChI is InChI=1S/C8H5ClN4O3/c9-6-2-1-3-7(4-6)12-10-8(13(15)16)5-11(12)14/h1-5H. The number of aromatic nitrogens is 3. The van der Waals surface area contributed by atoms with Crippen molar-refractivity contribution in [3.05, 3.63) is 50.8 Å². The Balaban J connectivity index is 2.52. The molecule has 1 aromatic carbocycles. The van der Waals surface area contributed by atoms with Crippen molar-refractivity contribution in [2.75, 3.05) is 0 Å². The van der Waals surface area contributed by atoms with Gasteiger partial charge in [0.1, 0.15) is 10.8 Å². The average Bonchev–Trinajstić information content (AvgIpc) is 2.60. The molecule has 8 heteroatoms. The van der Waals surface area contributed by atoms with E-state index in [0.717, 1.165) is 11.0 Å². The van der Waals surface area contributed by atoms with Crippen LogP contribution < -0.4 is 4.85 Å². The van der Waals surface area contributed by atoms with Crippen LogP contribution in [0.25, 0.3) is 5.69 Å². The lowest BCUT2D eigenvalue weighted by Crippen LogP contribution is -2.36. The summed E-state index contributed by atoms with van der Waals surface area (Å²) in [4.78, 5) is 10.8. The number of hydrogen-bond donors (Lipinski definition) is 0. The fraction of sp³-hybridized carbons (Fsp3) is 0. The number of nitrogens with zero attached hydrogens (tertiary/aromatic N) is 4. The minimum atomic E-state index is -0.741. The second kappa shape index (κ2) is 3.78. The molecule has 1 aromatic heterocycles. The topological polar surface area (TPSA) is 87.9 Å². The van der Waals surface area contributed by atoms with Crippen molar-refractivity contribution in [3.63, 3.8) is 0 Å². The molecule has 0 amide bonds. The minimum absolute atomic E-state index is 0.268. The Morgan fingerprint density at radius 2 is 2.25 bits per heavy atom. The van der Waals surface area contributed by atoms with Crippen LogP contribution in [0, 0.1) is 15.3 Å². The number of halogens is 1. The molecule has 0 aliphatic rings. The molecule has 0 spiro atoms. The highest BCUT2D eigenvalue weighted by atomic mass is 35.5. The molecule has 0 atom stereocenters. The molecule has 0 bridgehead atoms. The highest BCUT2D eigenvalue weighted by molar-refractivity contribution is 6.30. The number of nitro groups is 1. The van der Waals surface area contributed by atoms with Crippen molar-refractivity contribution in [1.82, 2.24) is 9.90 Å². The molecular weight excluding hydrogens is 236 g/mol. The molecule has 7 nitrogen and oxygen atoms in total. The third-order valence-corrected chi connectivity index (χ3v) is 2.07. The predicted molar refractivity (Wildman–Crippen MR) is 54.2 cm³/mol. The van der Waals surface area contributed by atoms with Gasteiger partial charge in [-0.15, -0.1) is 4.85 Å². The van der Waals surface area contributed by atoms with E-state index >= 15 is 0 Å². The zero-order valence-corrected chi connectivity index (χ0v) is 8.53. The Labute approximate surface area is 94.2 Å². The van der Waals surface area contributed by atoms with E-state index < -0.39 is 10.7 Å². The summed E-state index contributed by atoms with van der Waals surface area (Å²) in [6.45, 7) is 0. The van der Waals surface area contributed by atoms with Crippen LogP contribution in [0.2, 0.25) is 5.02 Å². The van der Waals surface area contributed by atoms with E-state index in [2.05, 4.69) is 5.10 Å². The molecule has 0 radical (unpaired) electrons. The summed E-state index contributed by atoms with van der Waals surface area (Å²) in [7, 11) is 0. The van der Waals surface area contributed by atoms with Crippen LogP contribution in [0.4, 0.5) is 5.82 Å². The first kappa shape index (κ1) is 10.4. The van der Waals surface area contributed by atoms with Crippen LogP contribution in [-0.4, -0.2) is 14.8 Å². The van der Waals surface area contributed by atoms with Gasteiger partial charge in [-0.05, 0) is 27.9 Å². The Kier molecular flexibility index (Phi) is 2.45. The summed E-state index contributed by atoms with van der Waals surface area (Å²) >= 11 is 5.73. The Morgan fingerprint density at radius 3 is 2.81 bits per heavy atom. The third-order valence-electron chi connectivity index (χ3n) is 1.84. The molecule has 2 aromatic rings. The largest absolute Gasteiger partial charge is 0.692 e. The van der Waals surface area contributed by atoms with Crippen molar-refractivity contribution in [3.8, 4) is 5.69 Å².